The highest BCUT2D eigenvalue weighted by Crippen LogP contribution is 2.27. The quantitative estimate of drug-likeness (QED) is 0.801. The summed E-state index contributed by atoms with van der Waals surface area (Å²) in [5.74, 6) is -2.76. The fourth-order valence-electron chi connectivity index (χ4n) is 2.18. The van der Waals surface area contributed by atoms with Crippen molar-refractivity contribution in [2.75, 3.05) is 26.2 Å². The van der Waals surface area contributed by atoms with Crippen LogP contribution in [0, 0.1) is 17.5 Å². The zero-order chi connectivity index (χ0) is 12.4. The summed E-state index contributed by atoms with van der Waals surface area (Å²) in [6.07, 6.45) is 0. The third kappa shape index (κ3) is 2.45. The first-order valence-electron chi connectivity index (χ1n) is 5.69. The van der Waals surface area contributed by atoms with Crippen LogP contribution in [0.15, 0.2) is 12.1 Å². The van der Waals surface area contributed by atoms with E-state index in [4.69, 9.17) is 0 Å². The van der Waals surface area contributed by atoms with Crippen LogP contribution in [-0.2, 0) is 0 Å². The van der Waals surface area contributed by atoms with Crippen LogP contribution in [-0.4, -0.2) is 31.1 Å². The van der Waals surface area contributed by atoms with Gasteiger partial charge in [-0.05, 0) is 19.1 Å². The predicted octanol–water partition coefficient (Wildman–Crippen LogP) is 2.07. The second kappa shape index (κ2) is 5.06. The molecular weight excluding hydrogens is 229 g/mol. The summed E-state index contributed by atoms with van der Waals surface area (Å²) in [4.78, 5) is 1.94. The molecule has 1 aromatic rings. The minimum atomic E-state index is -1.07. The first kappa shape index (κ1) is 12.4. The van der Waals surface area contributed by atoms with Crippen LogP contribution >= 0.6 is 0 Å². The lowest BCUT2D eigenvalue weighted by molar-refractivity contribution is 0.178. The third-order valence-electron chi connectivity index (χ3n) is 3.20. The first-order valence-corrected chi connectivity index (χ1v) is 5.69. The van der Waals surface area contributed by atoms with Crippen LogP contribution in [0.1, 0.15) is 18.5 Å². The average molecular weight is 244 g/mol. The van der Waals surface area contributed by atoms with E-state index in [1.54, 1.807) is 6.92 Å². The van der Waals surface area contributed by atoms with E-state index in [2.05, 4.69) is 5.32 Å². The van der Waals surface area contributed by atoms with Gasteiger partial charge in [-0.25, -0.2) is 13.2 Å². The highest BCUT2D eigenvalue weighted by molar-refractivity contribution is 5.24. The number of halogens is 3. The van der Waals surface area contributed by atoms with Gasteiger partial charge in [-0.1, -0.05) is 0 Å². The van der Waals surface area contributed by atoms with E-state index < -0.39 is 23.5 Å². The first-order chi connectivity index (χ1) is 8.11. The van der Waals surface area contributed by atoms with E-state index in [0.29, 0.717) is 13.1 Å². The molecule has 0 aromatic heterocycles. The zero-order valence-corrected chi connectivity index (χ0v) is 9.64. The van der Waals surface area contributed by atoms with E-state index in [1.165, 1.54) is 0 Å². The van der Waals surface area contributed by atoms with Gasteiger partial charge in [0, 0.05) is 37.8 Å². The number of rotatable bonds is 2. The summed E-state index contributed by atoms with van der Waals surface area (Å²) in [6, 6.07) is 1.35. The van der Waals surface area contributed by atoms with Crippen molar-refractivity contribution in [3.63, 3.8) is 0 Å². The van der Waals surface area contributed by atoms with Crippen molar-refractivity contribution < 1.29 is 13.2 Å². The van der Waals surface area contributed by atoms with E-state index in [0.717, 1.165) is 25.2 Å². The fourth-order valence-corrected chi connectivity index (χ4v) is 2.18. The summed E-state index contributed by atoms with van der Waals surface area (Å²) >= 11 is 0. The van der Waals surface area contributed by atoms with Crippen LogP contribution in [0.25, 0.3) is 0 Å². The van der Waals surface area contributed by atoms with Gasteiger partial charge >= 0.3 is 0 Å². The van der Waals surface area contributed by atoms with Gasteiger partial charge in [0.1, 0.15) is 5.82 Å². The molecule has 1 heterocycles. The van der Waals surface area contributed by atoms with Crippen LogP contribution < -0.4 is 5.32 Å². The highest BCUT2D eigenvalue weighted by Gasteiger charge is 2.25. The van der Waals surface area contributed by atoms with Gasteiger partial charge in [0.05, 0.1) is 0 Å². The van der Waals surface area contributed by atoms with Crippen LogP contribution in [0.2, 0.25) is 0 Å². The van der Waals surface area contributed by atoms with E-state index in [-0.39, 0.29) is 5.56 Å². The molecule has 0 bridgehead atoms. The van der Waals surface area contributed by atoms with Crippen molar-refractivity contribution in [2.24, 2.45) is 0 Å². The third-order valence-corrected chi connectivity index (χ3v) is 3.20. The van der Waals surface area contributed by atoms with Crippen LogP contribution in [0.5, 0.6) is 0 Å². The second-order valence-corrected chi connectivity index (χ2v) is 4.22. The number of benzene rings is 1. The molecule has 1 aromatic carbocycles. The SMILES string of the molecule is C[C@@H](c1c(F)ccc(F)c1F)N1CCNCC1. The molecule has 1 fully saturated rings. The van der Waals surface area contributed by atoms with Gasteiger partial charge in [-0.2, -0.15) is 0 Å². The van der Waals surface area contributed by atoms with Crippen molar-refractivity contribution in [1.29, 1.82) is 0 Å². The highest BCUT2D eigenvalue weighted by atomic mass is 19.2. The number of hydrogen-bond acceptors (Lipinski definition) is 2. The van der Waals surface area contributed by atoms with Crippen molar-refractivity contribution in [3.05, 3.63) is 35.1 Å². The van der Waals surface area contributed by atoms with Crippen LogP contribution in [0.3, 0.4) is 0 Å². The number of nitrogens with one attached hydrogen (secondary N) is 1. The Labute approximate surface area is 98.4 Å². The standard InChI is InChI=1S/C12H15F3N2/c1-8(17-6-4-16-5-7-17)11-9(13)2-3-10(14)12(11)15/h2-3,8,16H,4-7H2,1H3/t8-/m0/s1. The lowest BCUT2D eigenvalue weighted by atomic mass is 10.0. The van der Waals surface area contributed by atoms with E-state index in [1.807, 2.05) is 4.90 Å². The lowest BCUT2D eigenvalue weighted by Gasteiger charge is -2.33. The normalized spacial score (nSPS) is 19.3. The van der Waals surface area contributed by atoms with Gasteiger partial charge < -0.3 is 5.32 Å². The molecule has 0 unspecified atom stereocenters. The minimum absolute atomic E-state index is 0.174. The maximum atomic E-state index is 13.6. The molecule has 1 aliphatic heterocycles. The van der Waals surface area contributed by atoms with Gasteiger partial charge in [0.2, 0.25) is 0 Å². The maximum Gasteiger partial charge on any atom is 0.166 e. The molecule has 94 valence electrons. The monoisotopic (exact) mass is 244 g/mol. The Morgan fingerprint density at radius 2 is 1.71 bits per heavy atom. The molecule has 2 rings (SSSR count). The zero-order valence-electron chi connectivity index (χ0n) is 9.64. The van der Waals surface area contributed by atoms with Gasteiger partial charge in [0.15, 0.2) is 11.6 Å². The van der Waals surface area contributed by atoms with Gasteiger partial charge in [0.25, 0.3) is 0 Å². The predicted molar refractivity (Wildman–Crippen MR) is 59.2 cm³/mol. The molecule has 1 N–H and O–H groups in total. The van der Waals surface area contributed by atoms with Gasteiger partial charge in [-0.3, -0.25) is 4.90 Å². The molecule has 2 nitrogen and oxygen atoms in total. The molecule has 5 heteroatoms. The Balaban J connectivity index is 2.29. The Bertz CT molecular complexity index is 403. The Morgan fingerprint density at radius 3 is 2.35 bits per heavy atom. The summed E-state index contributed by atoms with van der Waals surface area (Å²) in [6.45, 7) is 4.67. The van der Waals surface area contributed by atoms with Crippen molar-refractivity contribution in [1.82, 2.24) is 10.2 Å². The topological polar surface area (TPSA) is 15.3 Å². The number of hydrogen-bond donors (Lipinski definition) is 1. The molecule has 0 saturated carbocycles. The molecule has 0 spiro atoms. The minimum Gasteiger partial charge on any atom is -0.314 e. The molecule has 1 atom stereocenters. The molecule has 1 aliphatic rings. The Kier molecular flexibility index (Phi) is 3.69. The molecule has 17 heavy (non-hydrogen) atoms. The van der Waals surface area contributed by atoms with Crippen molar-refractivity contribution in [3.8, 4) is 0 Å². The van der Waals surface area contributed by atoms with Crippen LogP contribution in [0.4, 0.5) is 13.2 Å². The average Bonchev–Trinajstić information content (AvgIpc) is 2.35. The number of nitrogens with zero attached hydrogens (tertiary/aromatic N) is 1. The fraction of sp³-hybridized carbons (Fsp3) is 0.500. The lowest BCUT2D eigenvalue weighted by Crippen LogP contribution is -2.44. The largest absolute Gasteiger partial charge is 0.314 e. The summed E-state index contributed by atoms with van der Waals surface area (Å²) in [7, 11) is 0. The van der Waals surface area contributed by atoms with Crippen molar-refractivity contribution >= 4 is 0 Å². The van der Waals surface area contributed by atoms with Gasteiger partial charge in [-0.15, -0.1) is 0 Å². The smallest absolute Gasteiger partial charge is 0.166 e. The van der Waals surface area contributed by atoms with E-state index >= 15 is 0 Å². The molecule has 1 saturated heterocycles. The number of piperazine rings is 1. The van der Waals surface area contributed by atoms with E-state index in [9.17, 15) is 13.2 Å². The Morgan fingerprint density at radius 1 is 1.12 bits per heavy atom. The molecular formula is C12H15F3N2. The second-order valence-electron chi connectivity index (χ2n) is 4.22. The summed E-state index contributed by atoms with van der Waals surface area (Å²) in [5.41, 5.74) is -0.174. The Hall–Kier alpha value is -1.07. The molecule has 0 radical (unpaired) electrons. The molecule has 0 aliphatic carbocycles. The summed E-state index contributed by atoms with van der Waals surface area (Å²) in [5, 5.41) is 3.16. The summed E-state index contributed by atoms with van der Waals surface area (Å²) < 4.78 is 40.3. The molecule has 0 amide bonds. The van der Waals surface area contributed by atoms with Crippen molar-refractivity contribution in [2.45, 2.75) is 13.0 Å². The maximum absolute atomic E-state index is 13.6.